The average Bonchev–Trinajstić information content (AvgIpc) is 2.33. The fourth-order valence-electron chi connectivity index (χ4n) is 1.79. The Morgan fingerprint density at radius 3 is 2.44 bits per heavy atom. The highest BCUT2D eigenvalue weighted by atomic mass is 35.5. The van der Waals surface area contributed by atoms with Crippen LogP contribution in [0.2, 0.25) is 0 Å². The predicted octanol–water partition coefficient (Wildman–Crippen LogP) is 4.11. The van der Waals surface area contributed by atoms with E-state index in [0.29, 0.717) is 5.88 Å². The first kappa shape index (κ1) is 11.0. The maximum absolute atomic E-state index is 10.1. The van der Waals surface area contributed by atoms with Crippen LogP contribution >= 0.6 is 11.6 Å². The minimum Gasteiger partial charge on any atom is -0.507 e. The molecule has 2 aromatic rings. The van der Waals surface area contributed by atoms with Crippen LogP contribution in [0.3, 0.4) is 0 Å². The van der Waals surface area contributed by atoms with Gasteiger partial charge in [-0.2, -0.15) is 0 Å². The standard InChI is InChI=1S/C14H13ClO/c1-10-7-12(9-15)14(16)13(8-10)11-5-3-2-4-6-11/h2-8,16H,9H2,1H3. The molecule has 0 fully saturated rings. The van der Waals surface area contributed by atoms with Crippen molar-refractivity contribution in [2.75, 3.05) is 0 Å². The molecule has 0 spiro atoms. The van der Waals surface area contributed by atoms with Crippen molar-refractivity contribution in [1.29, 1.82) is 0 Å². The number of hydrogen-bond acceptors (Lipinski definition) is 1. The zero-order valence-electron chi connectivity index (χ0n) is 9.07. The van der Waals surface area contributed by atoms with Crippen LogP contribution in [0.5, 0.6) is 5.75 Å². The van der Waals surface area contributed by atoms with Crippen LogP contribution in [0.4, 0.5) is 0 Å². The largest absolute Gasteiger partial charge is 0.507 e. The molecule has 0 aliphatic carbocycles. The van der Waals surface area contributed by atoms with Crippen LogP contribution in [0.25, 0.3) is 11.1 Å². The van der Waals surface area contributed by atoms with Crippen LogP contribution in [0, 0.1) is 6.92 Å². The van der Waals surface area contributed by atoms with E-state index in [1.165, 1.54) is 0 Å². The van der Waals surface area contributed by atoms with Crippen molar-refractivity contribution >= 4 is 11.6 Å². The smallest absolute Gasteiger partial charge is 0.127 e. The minimum absolute atomic E-state index is 0.284. The molecule has 0 saturated heterocycles. The maximum Gasteiger partial charge on any atom is 0.127 e. The van der Waals surface area contributed by atoms with Gasteiger partial charge in [0.25, 0.3) is 0 Å². The van der Waals surface area contributed by atoms with E-state index in [0.717, 1.165) is 22.3 Å². The molecule has 0 unspecified atom stereocenters. The highest BCUT2D eigenvalue weighted by Gasteiger charge is 2.09. The Kier molecular flexibility index (Phi) is 3.16. The number of alkyl halides is 1. The van der Waals surface area contributed by atoms with Crippen molar-refractivity contribution in [1.82, 2.24) is 0 Å². The van der Waals surface area contributed by atoms with Gasteiger partial charge < -0.3 is 5.11 Å². The molecule has 0 aliphatic rings. The number of aromatic hydroxyl groups is 1. The molecular formula is C14H13ClO. The van der Waals surface area contributed by atoms with Gasteiger partial charge in [-0.15, -0.1) is 11.6 Å². The molecule has 0 radical (unpaired) electrons. The van der Waals surface area contributed by atoms with Crippen molar-refractivity contribution < 1.29 is 5.11 Å². The van der Waals surface area contributed by atoms with E-state index in [1.54, 1.807) is 0 Å². The first-order chi connectivity index (χ1) is 7.72. The Labute approximate surface area is 100 Å². The Morgan fingerprint density at radius 2 is 1.81 bits per heavy atom. The molecule has 2 aromatic carbocycles. The lowest BCUT2D eigenvalue weighted by Gasteiger charge is -2.10. The summed E-state index contributed by atoms with van der Waals surface area (Å²) in [5.41, 5.74) is 3.74. The lowest BCUT2D eigenvalue weighted by molar-refractivity contribution is 0.472. The van der Waals surface area contributed by atoms with Gasteiger partial charge in [-0.25, -0.2) is 0 Å². The van der Waals surface area contributed by atoms with Gasteiger partial charge in [-0.1, -0.05) is 36.4 Å². The SMILES string of the molecule is Cc1cc(CCl)c(O)c(-c2ccccc2)c1. The third kappa shape index (κ3) is 2.05. The fraction of sp³-hybridized carbons (Fsp3) is 0.143. The van der Waals surface area contributed by atoms with Gasteiger partial charge in [-0.05, 0) is 24.1 Å². The van der Waals surface area contributed by atoms with Gasteiger partial charge >= 0.3 is 0 Å². The average molecular weight is 233 g/mol. The molecule has 0 saturated carbocycles. The van der Waals surface area contributed by atoms with Gasteiger partial charge in [0.1, 0.15) is 5.75 Å². The van der Waals surface area contributed by atoms with Gasteiger partial charge in [0.2, 0.25) is 0 Å². The van der Waals surface area contributed by atoms with Crippen LogP contribution in [0.15, 0.2) is 42.5 Å². The Balaban J connectivity index is 2.61. The molecule has 16 heavy (non-hydrogen) atoms. The van der Waals surface area contributed by atoms with Gasteiger partial charge in [0.05, 0.1) is 5.88 Å². The van der Waals surface area contributed by atoms with Crippen molar-refractivity contribution in [2.24, 2.45) is 0 Å². The van der Waals surface area contributed by atoms with E-state index < -0.39 is 0 Å². The fourth-order valence-corrected chi connectivity index (χ4v) is 2.00. The van der Waals surface area contributed by atoms with Gasteiger partial charge in [0.15, 0.2) is 0 Å². The van der Waals surface area contributed by atoms with E-state index in [1.807, 2.05) is 49.4 Å². The summed E-state index contributed by atoms with van der Waals surface area (Å²) < 4.78 is 0. The summed E-state index contributed by atoms with van der Waals surface area (Å²) in [5.74, 6) is 0.611. The predicted molar refractivity (Wildman–Crippen MR) is 67.8 cm³/mol. The van der Waals surface area contributed by atoms with Crippen molar-refractivity contribution in [2.45, 2.75) is 12.8 Å². The summed E-state index contributed by atoms with van der Waals surface area (Å²) in [5, 5.41) is 10.1. The summed E-state index contributed by atoms with van der Waals surface area (Å²) in [6.45, 7) is 2.00. The lowest BCUT2D eigenvalue weighted by atomic mass is 9.99. The van der Waals surface area contributed by atoms with E-state index in [4.69, 9.17) is 11.6 Å². The minimum atomic E-state index is 0.284. The number of halogens is 1. The number of rotatable bonds is 2. The normalized spacial score (nSPS) is 10.4. The highest BCUT2D eigenvalue weighted by Crippen LogP contribution is 2.34. The highest BCUT2D eigenvalue weighted by molar-refractivity contribution is 6.17. The van der Waals surface area contributed by atoms with E-state index in [2.05, 4.69) is 0 Å². The van der Waals surface area contributed by atoms with Gasteiger partial charge in [-0.3, -0.25) is 0 Å². The zero-order chi connectivity index (χ0) is 11.5. The second kappa shape index (κ2) is 4.58. The zero-order valence-corrected chi connectivity index (χ0v) is 9.83. The second-order valence-electron chi connectivity index (χ2n) is 3.82. The topological polar surface area (TPSA) is 20.2 Å². The molecule has 1 N–H and O–H groups in total. The quantitative estimate of drug-likeness (QED) is 0.773. The molecule has 2 heteroatoms. The van der Waals surface area contributed by atoms with Crippen LogP contribution in [-0.4, -0.2) is 5.11 Å². The van der Waals surface area contributed by atoms with Crippen LogP contribution in [0.1, 0.15) is 11.1 Å². The van der Waals surface area contributed by atoms with Crippen LogP contribution in [-0.2, 0) is 5.88 Å². The molecule has 0 atom stereocenters. The summed E-state index contributed by atoms with van der Waals surface area (Å²) in [6, 6.07) is 13.7. The number of hydrogen-bond donors (Lipinski definition) is 1. The summed E-state index contributed by atoms with van der Waals surface area (Å²) in [7, 11) is 0. The molecule has 0 bridgehead atoms. The molecule has 0 amide bonds. The second-order valence-corrected chi connectivity index (χ2v) is 4.09. The van der Waals surface area contributed by atoms with E-state index >= 15 is 0 Å². The van der Waals surface area contributed by atoms with Crippen molar-refractivity contribution in [3.63, 3.8) is 0 Å². The summed E-state index contributed by atoms with van der Waals surface area (Å²) in [4.78, 5) is 0. The Hall–Kier alpha value is -1.47. The van der Waals surface area contributed by atoms with Crippen molar-refractivity contribution in [3.8, 4) is 16.9 Å². The first-order valence-corrected chi connectivity index (χ1v) is 5.69. The molecule has 0 aromatic heterocycles. The molecule has 2 rings (SSSR count). The molecule has 0 aliphatic heterocycles. The molecule has 82 valence electrons. The summed E-state index contributed by atoms with van der Waals surface area (Å²) in [6.07, 6.45) is 0. The summed E-state index contributed by atoms with van der Waals surface area (Å²) >= 11 is 5.80. The number of phenols is 1. The molecule has 1 nitrogen and oxygen atoms in total. The first-order valence-electron chi connectivity index (χ1n) is 5.16. The van der Waals surface area contributed by atoms with Crippen LogP contribution < -0.4 is 0 Å². The van der Waals surface area contributed by atoms with Gasteiger partial charge in [0, 0.05) is 11.1 Å². The van der Waals surface area contributed by atoms with E-state index in [-0.39, 0.29) is 5.75 Å². The van der Waals surface area contributed by atoms with E-state index in [9.17, 15) is 5.11 Å². The lowest BCUT2D eigenvalue weighted by Crippen LogP contribution is -1.87. The third-order valence-electron chi connectivity index (χ3n) is 2.56. The third-order valence-corrected chi connectivity index (χ3v) is 2.85. The monoisotopic (exact) mass is 232 g/mol. The number of aryl methyl sites for hydroxylation is 1. The van der Waals surface area contributed by atoms with Crippen molar-refractivity contribution in [3.05, 3.63) is 53.6 Å². The number of phenolic OH excluding ortho intramolecular Hbond substituents is 1. The Bertz CT molecular complexity index is 492. The maximum atomic E-state index is 10.1. The Morgan fingerprint density at radius 1 is 1.12 bits per heavy atom. The molecular weight excluding hydrogens is 220 g/mol. The number of benzene rings is 2. The molecule has 0 heterocycles.